The topological polar surface area (TPSA) is 72.6 Å². The molecule has 0 heterocycles. The Hall–Kier alpha value is -1.88. The molecule has 2 amide bonds. The molecule has 2 saturated carbocycles. The second kappa shape index (κ2) is 11.9. The van der Waals surface area contributed by atoms with Crippen molar-refractivity contribution in [3.63, 3.8) is 0 Å². The predicted octanol–water partition coefficient (Wildman–Crippen LogP) is 6.20. The molecule has 2 fully saturated rings. The SMILES string of the molecule is CC(C)C1CC[C@@H](C)C[C@H]1OCC(=O)N(Cc1ccc(C(N)=O)cc1)C1CCC(C(C)(C)C)CC1. The summed E-state index contributed by atoms with van der Waals surface area (Å²) in [4.78, 5) is 27.2. The molecule has 2 aliphatic carbocycles. The second-order valence-electron chi connectivity index (χ2n) is 12.6. The minimum absolute atomic E-state index is 0.0870. The molecule has 0 aromatic heterocycles. The van der Waals surface area contributed by atoms with Crippen LogP contribution in [-0.2, 0) is 16.1 Å². The van der Waals surface area contributed by atoms with Crippen LogP contribution in [0, 0.1) is 29.1 Å². The first kappa shape index (κ1) is 27.7. The van der Waals surface area contributed by atoms with Gasteiger partial charge >= 0.3 is 0 Å². The third kappa shape index (κ3) is 7.55. The highest BCUT2D eigenvalue weighted by atomic mass is 16.5. The zero-order valence-corrected chi connectivity index (χ0v) is 22.9. The number of hydrogen-bond donors (Lipinski definition) is 1. The summed E-state index contributed by atoms with van der Waals surface area (Å²) in [5, 5.41) is 0. The van der Waals surface area contributed by atoms with Crippen molar-refractivity contribution in [1.82, 2.24) is 4.90 Å². The minimum Gasteiger partial charge on any atom is -0.368 e. The zero-order chi connectivity index (χ0) is 25.8. The van der Waals surface area contributed by atoms with Crippen molar-refractivity contribution in [3.8, 4) is 0 Å². The van der Waals surface area contributed by atoms with Crippen LogP contribution in [0.4, 0.5) is 0 Å². The maximum Gasteiger partial charge on any atom is 0.249 e. The maximum absolute atomic E-state index is 13.6. The van der Waals surface area contributed by atoms with Gasteiger partial charge in [-0.15, -0.1) is 0 Å². The number of carbonyl (C=O) groups excluding carboxylic acids is 2. The first-order valence-corrected chi connectivity index (χ1v) is 13.8. The standard InChI is InChI=1S/C30H48N2O3/c1-20(2)26-16-7-21(3)17-27(26)35-19-28(33)32(18-22-8-10-23(11-9-22)29(31)34)25-14-12-24(13-15-25)30(4,5)6/h8-11,20-21,24-27H,7,12-19H2,1-6H3,(H2,31,34)/t21-,24?,25?,26?,27-/m1/s1. The second-order valence-corrected chi connectivity index (χ2v) is 12.6. The van der Waals surface area contributed by atoms with Crippen LogP contribution in [0.15, 0.2) is 24.3 Å². The van der Waals surface area contributed by atoms with Gasteiger partial charge in [-0.3, -0.25) is 9.59 Å². The summed E-state index contributed by atoms with van der Waals surface area (Å²) in [6, 6.07) is 7.57. The summed E-state index contributed by atoms with van der Waals surface area (Å²) in [5.74, 6) is 2.09. The van der Waals surface area contributed by atoms with Crippen LogP contribution in [0.1, 0.15) is 102 Å². The quantitative estimate of drug-likeness (QED) is 0.478. The van der Waals surface area contributed by atoms with E-state index in [9.17, 15) is 9.59 Å². The molecule has 35 heavy (non-hydrogen) atoms. The number of rotatable bonds is 8. The average molecular weight is 485 g/mol. The van der Waals surface area contributed by atoms with Crippen molar-refractivity contribution in [1.29, 1.82) is 0 Å². The number of benzene rings is 1. The van der Waals surface area contributed by atoms with E-state index in [1.807, 2.05) is 12.1 Å². The fraction of sp³-hybridized carbons (Fsp3) is 0.733. The van der Waals surface area contributed by atoms with Crippen molar-refractivity contribution < 1.29 is 14.3 Å². The molecule has 2 aliphatic rings. The smallest absolute Gasteiger partial charge is 0.249 e. The van der Waals surface area contributed by atoms with E-state index in [-0.39, 0.29) is 24.7 Å². The molecule has 3 rings (SSSR count). The van der Waals surface area contributed by atoms with Gasteiger partial charge < -0.3 is 15.4 Å². The van der Waals surface area contributed by atoms with Crippen LogP contribution in [0.2, 0.25) is 0 Å². The molecule has 3 atom stereocenters. The van der Waals surface area contributed by atoms with E-state index < -0.39 is 5.91 Å². The van der Waals surface area contributed by atoms with Crippen LogP contribution in [-0.4, -0.2) is 35.5 Å². The first-order valence-electron chi connectivity index (χ1n) is 13.8. The minimum atomic E-state index is -0.431. The van der Waals surface area contributed by atoms with E-state index in [1.54, 1.807) is 12.1 Å². The molecule has 2 N–H and O–H groups in total. The Morgan fingerprint density at radius 2 is 1.66 bits per heavy atom. The molecule has 0 spiro atoms. The summed E-state index contributed by atoms with van der Waals surface area (Å²) >= 11 is 0. The van der Waals surface area contributed by atoms with Crippen molar-refractivity contribution in [2.24, 2.45) is 34.8 Å². The molecule has 0 bridgehead atoms. The number of carbonyl (C=O) groups is 2. The number of amides is 2. The fourth-order valence-electron chi connectivity index (χ4n) is 6.21. The van der Waals surface area contributed by atoms with E-state index >= 15 is 0 Å². The Labute approximate surface area is 213 Å². The Morgan fingerprint density at radius 1 is 1.03 bits per heavy atom. The summed E-state index contributed by atoms with van der Waals surface area (Å²) in [7, 11) is 0. The van der Waals surface area contributed by atoms with Gasteiger partial charge in [0.1, 0.15) is 6.61 Å². The summed E-state index contributed by atoms with van der Waals surface area (Å²) in [6.07, 6.45) is 8.00. The van der Waals surface area contributed by atoms with Gasteiger partial charge in [0.25, 0.3) is 0 Å². The van der Waals surface area contributed by atoms with Crippen LogP contribution in [0.5, 0.6) is 0 Å². The Balaban J connectivity index is 1.71. The van der Waals surface area contributed by atoms with Crippen molar-refractivity contribution >= 4 is 11.8 Å². The largest absolute Gasteiger partial charge is 0.368 e. The van der Waals surface area contributed by atoms with E-state index in [1.165, 1.54) is 12.8 Å². The molecule has 196 valence electrons. The molecule has 0 aliphatic heterocycles. The van der Waals surface area contributed by atoms with Crippen LogP contribution in [0.3, 0.4) is 0 Å². The average Bonchev–Trinajstić information content (AvgIpc) is 2.80. The number of nitrogens with two attached hydrogens (primary N) is 1. The molecule has 5 nitrogen and oxygen atoms in total. The lowest BCUT2D eigenvalue weighted by atomic mass is 9.71. The van der Waals surface area contributed by atoms with Crippen molar-refractivity contribution in [2.75, 3.05) is 6.61 Å². The van der Waals surface area contributed by atoms with E-state index in [0.717, 1.165) is 37.7 Å². The summed E-state index contributed by atoms with van der Waals surface area (Å²) in [6.45, 7) is 14.5. The molecule has 1 aromatic rings. The molecular weight excluding hydrogens is 436 g/mol. The predicted molar refractivity (Wildman–Crippen MR) is 142 cm³/mol. The van der Waals surface area contributed by atoms with Crippen LogP contribution < -0.4 is 5.73 Å². The van der Waals surface area contributed by atoms with E-state index in [0.29, 0.717) is 41.2 Å². The van der Waals surface area contributed by atoms with Gasteiger partial charge in [-0.1, -0.05) is 60.1 Å². The lowest BCUT2D eigenvalue weighted by Gasteiger charge is -2.42. The van der Waals surface area contributed by atoms with Crippen molar-refractivity contribution in [2.45, 2.75) is 105 Å². The lowest BCUT2D eigenvalue weighted by molar-refractivity contribution is -0.145. The van der Waals surface area contributed by atoms with Gasteiger partial charge in [-0.25, -0.2) is 0 Å². The Bertz CT molecular complexity index is 834. The van der Waals surface area contributed by atoms with Crippen molar-refractivity contribution in [3.05, 3.63) is 35.4 Å². The van der Waals surface area contributed by atoms with Crippen LogP contribution in [0.25, 0.3) is 0 Å². The van der Waals surface area contributed by atoms with E-state index in [4.69, 9.17) is 10.5 Å². The Morgan fingerprint density at radius 3 is 2.20 bits per heavy atom. The molecule has 5 heteroatoms. The maximum atomic E-state index is 13.6. The highest BCUT2D eigenvalue weighted by molar-refractivity contribution is 5.92. The van der Waals surface area contributed by atoms with Gasteiger partial charge in [-0.05, 0) is 85.3 Å². The molecule has 0 radical (unpaired) electrons. The first-order chi connectivity index (χ1) is 16.5. The van der Waals surface area contributed by atoms with E-state index in [2.05, 4.69) is 46.4 Å². The van der Waals surface area contributed by atoms with Gasteiger partial charge in [0.15, 0.2) is 0 Å². The highest BCUT2D eigenvalue weighted by Gasteiger charge is 2.35. The van der Waals surface area contributed by atoms with Gasteiger partial charge in [0, 0.05) is 18.2 Å². The normalized spacial score (nSPS) is 27.6. The van der Waals surface area contributed by atoms with Gasteiger partial charge in [-0.2, -0.15) is 0 Å². The summed E-state index contributed by atoms with van der Waals surface area (Å²) in [5.41, 5.74) is 7.23. The third-order valence-corrected chi connectivity index (χ3v) is 8.66. The molecule has 1 aromatic carbocycles. The van der Waals surface area contributed by atoms with Gasteiger partial charge in [0.05, 0.1) is 6.10 Å². The van der Waals surface area contributed by atoms with Gasteiger partial charge in [0.2, 0.25) is 11.8 Å². The lowest BCUT2D eigenvalue weighted by Crippen LogP contribution is -2.45. The monoisotopic (exact) mass is 484 g/mol. The number of hydrogen-bond acceptors (Lipinski definition) is 3. The molecule has 1 unspecified atom stereocenters. The number of primary amides is 1. The molecule has 0 saturated heterocycles. The number of nitrogens with zero attached hydrogens (tertiary/aromatic N) is 1. The van der Waals surface area contributed by atoms with Crippen LogP contribution >= 0.6 is 0 Å². The third-order valence-electron chi connectivity index (χ3n) is 8.66. The highest BCUT2D eigenvalue weighted by Crippen LogP contribution is 2.40. The number of ether oxygens (including phenoxy) is 1. The summed E-state index contributed by atoms with van der Waals surface area (Å²) < 4.78 is 6.37. The fourth-order valence-corrected chi connectivity index (χ4v) is 6.21. The zero-order valence-electron chi connectivity index (χ0n) is 22.9. The Kier molecular flexibility index (Phi) is 9.42. The molecular formula is C30H48N2O3.